The topological polar surface area (TPSA) is 57.8 Å². The maximum atomic E-state index is 6.11. The number of aliphatic imine (C=N–C) groups is 1. The van der Waals surface area contributed by atoms with Crippen LogP contribution in [-0.4, -0.2) is 42.0 Å². The lowest BCUT2D eigenvalue weighted by atomic mass is 10.1. The van der Waals surface area contributed by atoms with Crippen molar-refractivity contribution < 1.29 is 0 Å². The van der Waals surface area contributed by atoms with Crippen LogP contribution >= 0.6 is 0 Å². The maximum Gasteiger partial charge on any atom is 0.191 e. The molecule has 5 nitrogen and oxygen atoms in total. The minimum absolute atomic E-state index is 0.645. The van der Waals surface area contributed by atoms with E-state index in [1.165, 1.54) is 37.7 Å². The fourth-order valence-electron chi connectivity index (χ4n) is 3.07. The van der Waals surface area contributed by atoms with Gasteiger partial charge in [0, 0.05) is 32.4 Å². The van der Waals surface area contributed by atoms with Crippen LogP contribution in [0, 0.1) is 0 Å². The SMILES string of the molecule is NC(=NCc1ccnc(N2CCCC2)c1)N1CCCCC1. The molecule has 0 aromatic carbocycles. The van der Waals surface area contributed by atoms with Crippen LogP contribution < -0.4 is 10.6 Å². The number of piperidine rings is 1. The van der Waals surface area contributed by atoms with Crippen LogP contribution in [0.2, 0.25) is 0 Å². The summed E-state index contributed by atoms with van der Waals surface area (Å²) in [5.74, 6) is 1.77. The fraction of sp³-hybridized carbons (Fsp3) is 0.625. The lowest BCUT2D eigenvalue weighted by Gasteiger charge is -2.27. The Morgan fingerprint density at radius 2 is 1.81 bits per heavy atom. The largest absolute Gasteiger partial charge is 0.370 e. The first kappa shape index (κ1) is 14.2. The Bertz CT molecular complexity index is 487. The molecule has 2 saturated heterocycles. The summed E-state index contributed by atoms with van der Waals surface area (Å²) >= 11 is 0. The Kier molecular flexibility index (Phi) is 4.58. The second-order valence-electron chi connectivity index (χ2n) is 5.94. The van der Waals surface area contributed by atoms with Crippen molar-refractivity contribution in [2.75, 3.05) is 31.1 Å². The predicted molar refractivity (Wildman–Crippen MR) is 86.4 cm³/mol. The predicted octanol–water partition coefficient (Wildman–Crippen LogP) is 1.98. The average molecular weight is 287 g/mol. The molecular formula is C16H25N5. The number of hydrogen-bond donors (Lipinski definition) is 1. The standard InChI is InChI=1S/C16H25N5/c17-16(21-10-2-1-3-11-21)19-13-14-6-7-18-15(12-14)20-8-4-5-9-20/h6-7,12H,1-5,8-11,13H2,(H2,17,19). The van der Waals surface area contributed by atoms with Gasteiger partial charge in [0.1, 0.15) is 5.82 Å². The van der Waals surface area contributed by atoms with E-state index in [9.17, 15) is 0 Å². The van der Waals surface area contributed by atoms with Gasteiger partial charge >= 0.3 is 0 Å². The van der Waals surface area contributed by atoms with Crippen molar-refractivity contribution in [3.05, 3.63) is 23.9 Å². The Morgan fingerprint density at radius 3 is 2.57 bits per heavy atom. The molecule has 2 aliphatic heterocycles. The molecule has 1 aromatic heterocycles. The van der Waals surface area contributed by atoms with Crippen LogP contribution in [0.1, 0.15) is 37.7 Å². The number of aromatic nitrogens is 1. The molecule has 0 radical (unpaired) electrons. The normalized spacial score (nSPS) is 20.1. The maximum absolute atomic E-state index is 6.11. The second kappa shape index (κ2) is 6.78. The Balaban J connectivity index is 1.62. The summed E-state index contributed by atoms with van der Waals surface area (Å²) in [6, 6.07) is 4.19. The van der Waals surface area contributed by atoms with Crippen molar-refractivity contribution in [1.82, 2.24) is 9.88 Å². The molecule has 5 heteroatoms. The highest BCUT2D eigenvalue weighted by molar-refractivity contribution is 5.78. The van der Waals surface area contributed by atoms with E-state index in [4.69, 9.17) is 5.73 Å². The van der Waals surface area contributed by atoms with Crippen molar-refractivity contribution in [2.45, 2.75) is 38.6 Å². The Labute approximate surface area is 126 Å². The summed E-state index contributed by atoms with van der Waals surface area (Å²) in [4.78, 5) is 13.6. The summed E-state index contributed by atoms with van der Waals surface area (Å²) in [7, 11) is 0. The molecule has 21 heavy (non-hydrogen) atoms. The van der Waals surface area contributed by atoms with Gasteiger partial charge in [-0.2, -0.15) is 0 Å². The monoisotopic (exact) mass is 287 g/mol. The number of rotatable bonds is 3. The van der Waals surface area contributed by atoms with Gasteiger partial charge in [-0.05, 0) is 49.8 Å². The second-order valence-corrected chi connectivity index (χ2v) is 5.94. The number of anilines is 1. The van der Waals surface area contributed by atoms with Crippen LogP contribution in [0.25, 0.3) is 0 Å². The molecule has 2 aliphatic rings. The zero-order chi connectivity index (χ0) is 14.5. The first-order valence-electron chi connectivity index (χ1n) is 8.08. The van der Waals surface area contributed by atoms with Crippen molar-refractivity contribution in [2.24, 2.45) is 10.7 Å². The van der Waals surface area contributed by atoms with Crippen molar-refractivity contribution in [1.29, 1.82) is 0 Å². The summed E-state index contributed by atoms with van der Waals surface area (Å²) in [5.41, 5.74) is 7.29. The van der Waals surface area contributed by atoms with E-state index in [2.05, 4.69) is 25.8 Å². The first-order valence-corrected chi connectivity index (χ1v) is 8.08. The van der Waals surface area contributed by atoms with E-state index >= 15 is 0 Å². The fourth-order valence-corrected chi connectivity index (χ4v) is 3.07. The van der Waals surface area contributed by atoms with E-state index in [1.54, 1.807) is 0 Å². The molecule has 114 valence electrons. The van der Waals surface area contributed by atoms with Gasteiger partial charge in [0.15, 0.2) is 5.96 Å². The number of nitrogens with two attached hydrogens (primary N) is 1. The lowest BCUT2D eigenvalue weighted by Crippen LogP contribution is -2.40. The van der Waals surface area contributed by atoms with E-state index in [0.29, 0.717) is 12.5 Å². The lowest BCUT2D eigenvalue weighted by molar-refractivity contribution is 0.338. The molecule has 0 unspecified atom stereocenters. The van der Waals surface area contributed by atoms with Crippen LogP contribution in [-0.2, 0) is 6.54 Å². The van der Waals surface area contributed by atoms with Gasteiger partial charge in [0.05, 0.1) is 6.54 Å². The molecule has 0 bridgehead atoms. The molecule has 0 aliphatic carbocycles. The average Bonchev–Trinajstić information content (AvgIpc) is 3.08. The van der Waals surface area contributed by atoms with E-state index < -0.39 is 0 Å². The third kappa shape index (κ3) is 3.65. The van der Waals surface area contributed by atoms with Gasteiger partial charge < -0.3 is 15.5 Å². The van der Waals surface area contributed by atoms with Crippen LogP contribution in [0.5, 0.6) is 0 Å². The zero-order valence-corrected chi connectivity index (χ0v) is 12.7. The van der Waals surface area contributed by atoms with E-state index in [-0.39, 0.29) is 0 Å². The minimum Gasteiger partial charge on any atom is -0.370 e. The molecule has 0 spiro atoms. The van der Waals surface area contributed by atoms with Crippen LogP contribution in [0.3, 0.4) is 0 Å². The van der Waals surface area contributed by atoms with Gasteiger partial charge in [-0.1, -0.05) is 0 Å². The highest BCUT2D eigenvalue weighted by Crippen LogP contribution is 2.19. The molecule has 3 heterocycles. The number of guanidine groups is 1. The summed E-state index contributed by atoms with van der Waals surface area (Å²) in [6.07, 6.45) is 8.19. The quantitative estimate of drug-likeness (QED) is 0.682. The molecule has 0 saturated carbocycles. The van der Waals surface area contributed by atoms with Gasteiger partial charge in [0.2, 0.25) is 0 Å². The molecule has 0 atom stereocenters. The Hall–Kier alpha value is -1.78. The van der Waals surface area contributed by atoms with Gasteiger partial charge in [-0.15, -0.1) is 0 Å². The highest BCUT2D eigenvalue weighted by Gasteiger charge is 2.14. The molecule has 0 amide bonds. The summed E-state index contributed by atoms with van der Waals surface area (Å²) in [6.45, 7) is 4.98. The van der Waals surface area contributed by atoms with Crippen molar-refractivity contribution in [3.63, 3.8) is 0 Å². The van der Waals surface area contributed by atoms with Gasteiger partial charge in [0.25, 0.3) is 0 Å². The highest BCUT2D eigenvalue weighted by atomic mass is 15.3. The number of hydrogen-bond acceptors (Lipinski definition) is 3. The van der Waals surface area contributed by atoms with Crippen LogP contribution in [0.15, 0.2) is 23.3 Å². The van der Waals surface area contributed by atoms with Crippen LogP contribution in [0.4, 0.5) is 5.82 Å². The molecule has 3 rings (SSSR count). The van der Waals surface area contributed by atoms with Crippen molar-refractivity contribution >= 4 is 11.8 Å². The molecular weight excluding hydrogens is 262 g/mol. The smallest absolute Gasteiger partial charge is 0.191 e. The number of nitrogens with zero attached hydrogens (tertiary/aromatic N) is 4. The number of pyridine rings is 1. The summed E-state index contributed by atoms with van der Waals surface area (Å²) < 4.78 is 0. The minimum atomic E-state index is 0.645. The Morgan fingerprint density at radius 1 is 1.10 bits per heavy atom. The van der Waals surface area contributed by atoms with Gasteiger partial charge in [-0.25, -0.2) is 9.98 Å². The van der Waals surface area contributed by atoms with E-state index in [0.717, 1.165) is 32.0 Å². The third-order valence-electron chi connectivity index (χ3n) is 4.34. The molecule has 2 fully saturated rings. The molecule has 2 N–H and O–H groups in total. The summed E-state index contributed by atoms with van der Waals surface area (Å²) in [5, 5.41) is 0. The van der Waals surface area contributed by atoms with Gasteiger partial charge in [-0.3, -0.25) is 0 Å². The first-order chi connectivity index (χ1) is 10.3. The number of likely N-dealkylation sites (tertiary alicyclic amines) is 1. The van der Waals surface area contributed by atoms with E-state index in [1.807, 2.05) is 12.3 Å². The third-order valence-corrected chi connectivity index (χ3v) is 4.34. The van der Waals surface area contributed by atoms with Crippen molar-refractivity contribution in [3.8, 4) is 0 Å². The zero-order valence-electron chi connectivity index (χ0n) is 12.7. The molecule has 1 aromatic rings.